The van der Waals surface area contributed by atoms with Crippen molar-refractivity contribution >= 4 is 23.3 Å². The highest BCUT2D eigenvalue weighted by Crippen LogP contribution is 2.39. The summed E-state index contributed by atoms with van der Waals surface area (Å²) in [5, 5.41) is 3.61. The normalized spacial score (nSPS) is 18.4. The SMILES string of the molecule is Nc1c(Cl)cc(C(=O)OC2CCNCC2)c2c1CCO2. The number of nitrogens with two attached hydrogens (primary N) is 1. The Morgan fingerprint density at radius 3 is 2.95 bits per heavy atom. The third-order valence-corrected chi connectivity index (χ3v) is 4.06. The van der Waals surface area contributed by atoms with E-state index in [1.165, 1.54) is 0 Å². The van der Waals surface area contributed by atoms with Crippen molar-refractivity contribution in [1.82, 2.24) is 5.32 Å². The highest BCUT2D eigenvalue weighted by Gasteiger charge is 2.28. The number of fused-ring (bicyclic) bond motifs is 1. The zero-order chi connectivity index (χ0) is 14.1. The van der Waals surface area contributed by atoms with Crippen molar-refractivity contribution in [3.05, 3.63) is 22.2 Å². The Morgan fingerprint density at radius 1 is 1.45 bits per heavy atom. The lowest BCUT2D eigenvalue weighted by Crippen LogP contribution is -2.33. The fourth-order valence-electron chi connectivity index (χ4n) is 2.65. The van der Waals surface area contributed by atoms with Gasteiger partial charge in [0.2, 0.25) is 0 Å². The minimum absolute atomic E-state index is 0.0443. The minimum atomic E-state index is -0.378. The predicted molar refractivity (Wildman–Crippen MR) is 76.4 cm³/mol. The van der Waals surface area contributed by atoms with Crippen LogP contribution in [0.3, 0.4) is 0 Å². The van der Waals surface area contributed by atoms with E-state index in [2.05, 4.69) is 5.32 Å². The average molecular weight is 297 g/mol. The molecule has 1 aromatic rings. The first kappa shape index (κ1) is 13.5. The Balaban J connectivity index is 1.84. The van der Waals surface area contributed by atoms with Crippen LogP contribution < -0.4 is 15.8 Å². The fourth-order valence-corrected chi connectivity index (χ4v) is 2.87. The molecule has 108 valence electrons. The Labute approximate surface area is 122 Å². The first-order chi connectivity index (χ1) is 9.66. The smallest absolute Gasteiger partial charge is 0.342 e. The first-order valence-electron chi connectivity index (χ1n) is 6.82. The number of halogens is 1. The molecule has 1 aromatic carbocycles. The third-order valence-electron chi connectivity index (χ3n) is 3.75. The van der Waals surface area contributed by atoms with E-state index < -0.39 is 0 Å². The Bertz CT molecular complexity index is 542. The van der Waals surface area contributed by atoms with Gasteiger partial charge in [-0.15, -0.1) is 0 Å². The maximum absolute atomic E-state index is 12.3. The molecule has 0 atom stereocenters. The van der Waals surface area contributed by atoms with Crippen molar-refractivity contribution in [2.45, 2.75) is 25.4 Å². The van der Waals surface area contributed by atoms with Gasteiger partial charge in [0.1, 0.15) is 17.4 Å². The van der Waals surface area contributed by atoms with Gasteiger partial charge in [-0.3, -0.25) is 0 Å². The van der Waals surface area contributed by atoms with E-state index in [0.29, 0.717) is 35.1 Å². The number of anilines is 1. The fraction of sp³-hybridized carbons (Fsp3) is 0.500. The molecule has 2 heterocycles. The Morgan fingerprint density at radius 2 is 2.20 bits per heavy atom. The van der Waals surface area contributed by atoms with Crippen LogP contribution in [0.1, 0.15) is 28.8 Å². The molecule has 0 bridgehead atoms. The molecule has 1 fully saturated rings. The number of nitrogens with one attached hydrogen (secondary N) is 1. The predicted octanol–water partition coefficient (Wildman–Crippen LogP) is 1.77. The average Bonchev–Trinajstić information content (AvgIpc) is 2.93. The second kappa shape index (κ2) is 5.50. The summed E-state index contributed by atoms with van der Waals surface area (Å²) in [6, 6.07) is 1.55. The summed E-state index contributed by atoms with van der Waals surface area (Å²) >= 11 is 6.09. The second-order valence-corrected chi connectivity index (χ2v) is 5.49. The third kappa shape index (κ3) is 2.43. The maximum atomic E-state index is 12.3. The zero-order valence-electron chi connectivity index (χ0n) is 11.1. The van der Waals surface area contributed by atoms with Crippen LogP contribution in [0.4, 0.5) is 5.69 Å². The van der Waals surface area contributed by atoms with Crippen LogP contribution in [0.2, 0.25) is 5.02 Å². The molecule has 3 N–H and O–H groups in total. The topological polar surface area (TPSA) is 73.6 Å². The number of ether oxygens (including phenoxy) is 2. The molecule has 3 rings (SSSR count). The lowest BCUT2D eigenvalue weighted by atomic mass is 10.1. The van der Waals surface area contributed by atoms with Crippen molar-refractivity contribution in [3.8, 4) is 5.75 Å². The van der Waals surface area contributed by atoms with Gasteiger partial charge in [-0.2, -0.15) is 0 Å². The van der Waals surface area contributed by atoms with Crippen molar-refractivity contribution in [3.63, 3.8) is 0 Å². The maximum Gasteiger partial charge on any atom is 0.342 e. The number of benzene rings is 1. The molecule has 0 aliphatic carbocycles. The largest absolute Gasteiger partial charge is 0.492 e. The molecule has 2 aliphatic heterocycles. The van der Waals surface area contributed by atoms with Crippen molar-refractivity contribution in [2.75, 3.05) is 25.4 Å². The number of carbonyl (C=O) groups is 1. The Hall–Kier alpha value is -1.46. The van der Waals surface area contributed by atoms with E-state index in [0.717, 1.165) is 31.5 Å². The molecule has 0 radical (unpaired) electrons. The van der Waals surface area contributed by atoms with E-state index in [9.17, 15) is 4.79 Å². The number of piperidine rings is 1. The van der Waals surface area contributed by atoms with Gasteiger partial charge < -0.3 is 20.5 Å². The van der Waals surface area contributed by atoms with E-state index in [1.807, 2.05) is 0 Å². The quantitative estimate of drug-likeness (QED) is 0.643. The molecular formula is C14H17ClN2O3. The molecule has 6 heteroatoms. The van der Waals surface area contributed by atoms with E-state index in [-0.39, 0.29) is 12.1 Å². The van der Waals surface area contributed by atoms with Crippen LogP contribution >= 0.6 is 11.6 Å². The molecule has 0 spiro atoms. The summed E-state index contributed by atoms with van der Waals surface area (Å²) in [5.41, 5.74) is 7.61. The molecule has 0 aromatic heterocycles. The summed E-state index contributed by atoms with van der Waals surface area (Å²) < 4.78 is 11.1. The molecule has 0 amide bonds. The number of esters is 1. The summed E-state index contributed by atoms with van der Waals surface area (Å²) in [6.07, 6.45) is 2.29. The van der Waals surface area contributed by atoms with Gasteiger partial charge in [0, 0.05) is 12.0 Å². The van der Waals surface area contributed by atoms with Gasteiger partial charge in [-0.05, 0) is 32.0 Å². The molecule has 0 saturated carbocycles. The van der Waals surface area contributed by atoms with Gasteiger partial charge in [-0.25, -0.2) is 4.79 Å². The molecule has 2 aliphatic rings. The number of rotatable bonds is 2. The molecule has 1 saturated heterocycles. The van der Waals surface area contributed by atoms with E-state index in [1.54, 1.807) is 6.07 Å². The van der Waals surface area contributed by atoms with Crippen molar-refractivity contribution < 1.29 is 14.3 Å². The number of hydrogen-bond acceptors (Lipinski definition) is 5. The highest BCUT2D eigenvalue weighted by molar-refractivity contribution is 6.33. The van der Waals surface area contributed by atoms with Crippen LogP contribution in [0.5, 0.6) is 5.75 Å². The first-order valence-corrected chi connectivity index (χ1v) is 7.20. The Kier molecular flexibility index (Phi) is 3.72. The van der Waals surface area contributed by atoms with Gasteiger partial charge in [0.05, 0.1) is 17.3 Å². The van der Waals surface area contributed by atoms with Crippen LogP contribution in [0.15, 0.2) is 6.07 Å². The monoisotopic (exact) mass is 296 g/mol. The lowest BCUT2D eigenvalue weighted by molar-refractivity contribution is 0.0226. The molecule has 0 unspecified atom stereocenters. The number of hydrogen-bond donors (Lipinski definition) is 2. The number of carbonyl (C=O) groups excluding carboxylic acids is 1. The second-order valence-electron chi connectivity index (χ2n) is 5.08. The molecular weight excluding hydrogens is 280 g/mol. The van der Waals surface area contributed by atoms with Crippen LogP contribution in [-0.4, -0.2) is 31.8 Å². The van der Waals surface area contributed by atoms with Gasteiger partial charge in [0.25, 0.3) is 0 Å². The highest BCUT2D eigenvalue weighted by atomic mass is 35.5. The molecule has 20 heavy (non-hydrogen) atoms. The lowest BCUT2D eigenvalue weighted by Gasteiger charge is -2.23. The zero-order valence-corrected chi connectivity index (χ0v) is 11.8. The van der Waals surface area contributed by atoms with E-state index in [4.69, 9.17) is 26.8 Å². The number of nitrogen functional groups attached to an aromatic ring is 1. The van der Waals surface area contributed by atoms with Crippen molar-refractivity contribution in [1.29, 1.82) is 0 Å². The summed E-state index contributed by atoms with van der Waals surface area (Å²) in [7, 11) is 0. The minimum Gasteiger partial charge on any atom is -0.492 e. The van der Waals surface area contributed by atoms with Crippen LogP contribution in [0.25, 0.3) is 0 Å². The standard InChI is InChI=1S/C14H17ClN2O3/c15-11-7-10(13-9(12(11)16)3-6-19-13)14(18)20-8-1-4-17-5-2-8/h7-8,17H,1-6,16H2. The van der Waals surface area contributed by atoms with Crippen LogP contribution in [-0.2, 0) is 11.2 Å². The van der Waals surface area contributed by atoms with Crippen LogP contribution in [0, 0.1) is 0 Å². The molecule has 5 nitrogen and oxygen atoms in total. The summed E-state index contributed by atoms with van der Waals surface area (Å²) in [4.78, 5) is 12.3. The summed E-state index contributed by atoms with van der Waals surface area (Å²) in [5.74, 6) is 0.155. The van der Waals surface area contributed by atoms with Gasteiger partial charge in [0.15, 0.2) is 0 Å². The van der Waals surface area contributed by atoms with Crippen molar-refractivity contribution in [2.24, 2.45) is 0 Å². The van der Waals surface area contributed by atoms with Gasteiger partial charge in [-0.1, -0.05) is 11.6 Å². The van der Waals surface area contributed by atoms with Gasteiger partial charge >= 0.3 is 5.97 Å². The summed E-state index contributed by atoms with van der Waals surface area (Å²) in [6.45, 7) is 2.26. The van der Waals surface area contributed by atoms with E-state index >= 15 is 0 Å².